The molecule has 22 heavy (non-hydrogen) atoms. The minimum atomic E-state index is -0.118. The van der Waals surface area contributed by atoms with Gasteiger partial charge in [-0.15, -0.1) is 0 Å². The standard InChI is InChI=1S/C18H25NO3/c1-2-17(20)22-16-12-18(21-14-16)8-10-19(11-9-18)13-15-6-4-3-5-7-15/h3-7,16H,2,8-14H2,1H3. The normalized spacial score (nSPS) is 24.5. The average molecular weight is 303 g/mol. The lowest BCUT2D eigenvalue weighted by molar-refractivity contribution is -0.148. The van der Waals surface area contributed by atoms with Gasteiger partial charge < -0.3 is 9.47 Å². The van der Waals surface area contributed by atoms with Gasteiger partial charge in [0.05, 0.1) is 12.2 Å². The van der Waals surface area contributed by atoms with Crippen molar-refractivity contribution >= 4 is 5.97 Å². The summed E-state index contributed by atoms with van der Waals surface area (Å²) in [5, 5.41) is 0. The van der Waals surface area contributed by atoms with Crippen LogP contribution in [0.5, 0.6) is 0 Å². The fourth-order valence-electron chi connectivity index (χ4n) is 3.46. The van der Waals surface area contributed by atoms with E-state index < -0.39 is 0 Å². The summed E-state index contributed by atoms with van der Waals surface area (Å²) in [4.78, 5) is 13.9. The lowest BCUT2D eigenvalue weighted by Crippen LogP contribution is -2.44. The SMILES string of the molecule is CCC(=O)OC1COC2(CCN(Cc3ccccc3)CC2)C1. The lowest BCUT2D eigenvalue weighted by atomic mass is 9.88. The number of ether oxygens (including phenoxy) is 2. The summed E-state index contributed by atoms with van der Waals surface area (Å²) >= 11 is 0. The number of hydrogen-bond donors (Lipinski definition) is 0. The third-order valence-electron chi connectivity index (χ3n) is 4.78. The van der Waals surface area contributed by atoms with Crippen molar-refractivity contribution in [2.24, 2.45) is 0 Å². The van der Waals surface area contributed by atoms with Gasteiger partial charge in [-0.1, -0.05) is 37.3 Å². The zero-order valence-corrected chi connectivity index (χ0v) is 13.3. The van der Waals surface area contributed by atoms with Gasteiger partial charge in [0.1, 0.15) is 6.10 Å². The molecule has 0 amide bonds. The molecule has 0 N–H and O–H groups in total. The predicted molar refractivity (Wildman–Crippen MR) is 84.4 cm³/mol. The topological polar surface area (TPSA) is 38.8 Å². The highest BCUT2D eigenvalue weighted by Crippen LogP contribution is 2.37. The van der Waals surface area contributed by atoms with Gasteiger partial charge in [0.25, 0.3) is 0 Å². The smallest absolute Gasteiger partial charge is 0.305 e. The lowest BCUT2D eigenvalue weighted by Gasteiger charge is -2.38. The molecule has 1 aromatic rings. The van der Waals surface area contributed by atoms with Crippen LogP contribution in [0, 0.1) is 0 Å². The minimum Gasteiger partial charge on any atom is -0.460 e. The van der Waals surface area contributed by atoms with Crippen molar-refractivity contribution in [3.8, 4) is 0 Å². The molecule has 2 saturated heterocycles. The summed E-state index contributed by atoms with van der Waals surface area (Å²) < 4.78 is 11.5. The largest absolute Gasteiger partial charge is 0.460 e. The van der Waals surface area contributed by atoms with Crippen LogP contribution in [-0.2, 0) is 20.8 Å². The number of rotatable bonds is 4. The van der Waals surface area contributed by atoms with Crippen molar-refractivity contribution in [2.75, 3.05) is 19.7 Å². The number of carbonyl (C=O) groups is 1. The van der Waals surface area contributed by atoms with Crippen LogP contribution in [0.25, 0.3) is 0 Å². The van der Waals surface area contributed by atoms with Crippen molar-refractivity contribution in [1.82, 2.24) is 4.90 Å². The van der Waals surface area contributed by atoms with Crippen molar-refractivity contribution in [3.63, 3.8) is 0 Å². The molecule has 1 atom stereocenters. The first kappa shape index (κ1) is 15.5. The molecular weight excluding hydrogens is 278 g/mol. The number of nitrogens with zero attached hydrogens (tertiary/aromatic N) is 1. The highest BCUT2D eigenvalue weighted by atomic mass is 16.6. The third-order valence-corrected chi connectivity index (χ3v) is 4.78. The van der Waals surface area contributed by atoms with Crippen LogP contribution in [0.4, 0.5) is 0 Å². The Morgan fingerprint density at radius 3 is 2.73 bits per heavy atom. The first-order chi connectivity index (χ1) is 10.7. The Labute approximate surface area is 132 Å². The molecule has 2 aliphatic heterocycles. The highest BCUT2D eigenvalue weighted by Gasteiger charge is 2.43. The Kier molecular flexibility index (Phi) is 4.79. The quantitative estimate of drug-likeness (QED) is 0.802. The average Bonchev–Trinajstić information content (AvgIpc) is 2.93. The molecule has 1 spiro atoms. The summed E-state index contributed by atoms with van der Waals surface area (Å²) in [6.07, 6.45) is 3.31. The molecule has 2 aliphatic rings. The number of benzene rings is 1. The van der Waals surface area contributed by atoms with Gasteiger partial charge in [0.2, 0.25) is 0 Å². The van der Waals surface area contributed by atoms with Crippen molar-refractivity contribution in [1.29, 1.82) is 0 Å². The number of carbonyl (C=O) groups excluding carboxylic acids is 1. The summed E-state index contributed by atoms with van der Waals surface area (Å²) in [5.41, 5.74) is 1.30. The first-order valence-corrected chi connectivity index (χ1v) is 8.29. The second kappa shape index (κ2) is 6.80. The van der Waals surface area contributed by atoms with Crippen LogP contribution in [0.2, 0.25) is 0 Å². The van der Waals surface area contributed by atoms with E-state index in [9.17, 15) is 4.79 Å². The molecule has 120 valence electrons. The summed E-state index contributed by atoms with van der Waals surface area (Å²) in [7, 11) is 0. The van der Waals surface area contributed by atoms with Gasteiger partial charge in [-0.2, -0.15) is 0 Å². The predicted octanol–water partition coefficient (Wildman–Crippen LogP) is 2.76. The van der Waals surface area contributed by atoms with Crippen LogP contribution in [0.15, 0.2) is 30.3 Å². The van der Waals surface area contributed by atoms with Gasteiger partial charge in [-0.05, 0) is 18.4 Å². The minimum absolute atomic E-state index is 0.0480. The van der Waals surface area contributed by atoms with E-state index in [0.717, 1.165) is 38.9 Å². The second-order valence-electron chi connectivity index (χ2n) is 6.43. The zero-order valence-electron chi connectivity index (χ0n) is 13.3. The Hall–Kier alpha value is -1.39. The van der Waals surface area contributed by atoms with Crippen molar-refractivity contribution in [2.45, 2.75) is 50.9 Å². The van der Waals surface area contributed by atoms with Crippen molar-refractivity contribution in [3.05, 3.63) is 35.9 Å². The third kappa shape index (κ3) is 3.68. The van der Waals surface area contributed by atoms with E-state index in [1.807, 2.05) is 6.92 Å². The monoisotopic (exact) mass is 303 g/mol. The van der Waals surface area contributed by atoms with Crippen molar-refractivity contribution < 1.29 is 14.3 Å². The number of hydrogen-bond acceptors (Lipinski definition) is 4. The van der Waals surface area contributed by atoms with E-state index in [2.05, 4.69) is 35.2 Å². The second-order valence-corrected chi connectivity index (χ2v) is 6.43. The number of piperidine rings is 1. The molecule has 1 unspecified atom stereocenters. The molecule has 0 saturated carbocycles. The maximum absolute atomic E-state index is 11.4. The van der Waals surface area contributed by atoms with E-state index in [1.54, 1.807) is 0 Å². The maximum Gasteiger partial charge on any atom is 0.305 e. The van der Waals surface area contributed by atoms with Gasteiger partial charge in [0, 0.05) is 32.5 Å². The summed E-state index contributed by atoms with van der Waals surface area (Å²) in [6.45, 7) is 5.48. The molecule has 4 nitrogen and oxygen atoms in total. The van der Waals surface area contributed by atoms with Crippen LogP contribution in [-0.4, -0.2) is 42.3 Å². The van der Waals surface area contributed by atoms with Crippen LogP contribution >= 0.6 is 0 Å². The summed E-state index contributed by atoms with van der Waals surface area (Å²) in [5.74, 6) is -0.118. The molecular formula is C18H25NO3. The molecule has 1 aromatic carbocycles. The summed E-state index contributed by atoms with van der Waals surface area (Å²) in [6, 6.07) is 10.6. The number of likely N-dealkylation sites (tertiary alicyclic amines) is 1. The molecule has 0 bridgehead atoms. The van der Waals surface area contributed by atoms with Crippen LogP contribution in [0.1, 0.15) is 38.2 Å². The molecule has 3 rings (SSSR count). The number of esters is 1. The fraction of sp³-hybridized carbons (Fsp3) is 0.611. The molecule has 2 heterocycles. The van der Waals surface area contributed by atoms with Gasteiger partial charge in [0.15, 0.2) is 0 Å². The van der Waals surface area contributed by atoms with E-state index in [1.165, 1.54) is 5.56 Å². The molecule has 2 fully saturated rings. The first-order valence-electron chi connectivity index (χ1n) is 8.29. The highest BCUT2D eigenvalue weighted by molar-refractivity contribution is 5.69. The van der Waals surface area contributed by atoms with Crippen LogP contribution < -0.4 is 0 Å². The van der Waals surface area contributed by atoms with Crippen LogP contribution in [0.3, 0.4) is 0 Å². The van der Waals surface area contributed by atoms with Gasteiger partial charge in [-0.3, -0.25) is 9.69 Å². The van der Waals surface area contributed by atoms with Gasteiger partial charge >= 0.3 is 5.97 Å². The van der Waals surface area contributed by atoms with E-state index in [4.69, 9.17) is 9.47 Å². The Balaban J connectivity index is 1.48. The maximum atomic E-state index is 11.4. The van der Waals surface area contributed by atoms with Gasteiger partial charge in [-0.25, -0.2) is 0 Å². The molecule has 0 radical (unpaired) electrons. The molecule has 0 aromatic heterocycles. The van der Waals surface area contributed by atoms with E-state index in [0.29, 0.717) is 13.0 Å². The Bertz CT molecular complexity index is 494. The van der Waals surface area contributed by atoms with E-state index >= 15 is 0 Å². The molecule has 4 heteroatoms. The van der Waals surface area contributed by atoms with E-state index in [-0.39, 0.29) is 17.7 Å². The Morgan fingerprint density at radius 2 is 2.05 bits per heavy atom. The molecule has 0 aliphatic carbocycles. The fourth-order valence-corrected chi connectivity index (χ4v) is 3.46. The zero-order chi connectivity index (χ0) is 15.4. The Morgan fingerprint density at radius 1 is 1.32 bits per heavy atom.